The van der Waals surface area contributed by atoms with E-state index < -0.39 is 0 Å². The molecule has 0 radical (unpaired) electrons. The Kier molecular flexibility index (Phi) is 9.01. The van der Waals surface area contributed by atoms with E-state index in [9.17, 15) is 0 Å². The van der Waals surface area contributed by atoms with E-state index in [1.54, 1.807) is 0 Å². The molecule has 0 saturated carbocycles. The third-order valence-corrected chi connectivity index (χ3v) is 6.65. The number of fused-ring (bicyclic) bond motifs is 1. The zero-order chi connectivity index (χ0) is 22.3. The highest BCUT2D eigenvalue weighted by Gasteiger charge is 2.32. The number of hydrogen-bond acceptors (Lipinski definition) is 1. The molecule has 0 spiro atoms. The number of benzene rings is 1. The lowest BCUT2D eigenvalue weighted by Crippen LogP contribution is -2.36. The van der Waals surface area contributed by atoms with Crippen LogP contribution in [0, 0.1) is 20.8 Å². The average molecular weight is 409 g/mol. The summed E-state index contributed by atoms with van der Waals surface area (Å²) in [5, 5.41) is 0. The van der Waals surface area contributed by atoms with Crippen molar-refractivity contribution in [3.8, 4) is 5.75 Å². The molecule has 1 heterocycles. The lowest BCUT2D eigenvalue weighted by atomic mass is 9.85. The molecule has 0 amide bonds. The fourth-order valence-corrected chi connectivity index (χ4v) is 4.41. The van der Waals surface area contributed by atoms with Gasteiger partial charge in [0.25, 0.3) is 0 Å². The molecule has 1 atom stereocenters. The monoisotopic (exact) mass is 408 g/mol. The van der Waals surface area contributed by atoms with Crippen LogP contribution in [0.15, 0.2) is 41.0 Å². The van der Waals surface area contributed by atoms with Crippen molar-refractivity contribution < 1.29 is 4.74 Å². The molecule has 0 N–H and O–H groups in total. The van der Waals surface area contributed by atoms with Crippen LogP contribution in [0.2, 0.25) is 0 Å². The first-order valence-corrected chi connectivity index (χ1v) is 11.8. The van der Waals surface area contributed by atoms with Crippen LogP contribution in [-0.4, -0.2) is 5.60 Å². The van der Waals surface area contributed by atoms with Gasteiger partial charge >= 0.3 is 0 Å². The van der Waals surface area contributed by atoms with Crippen LogP contribution in [0.1, 0.15) is 102 Å². The third-order valence-electron chi connectivity index (χ3n) is 6.65. The largest absolute Gasteiger partial charge is 0.487 e. The van der Waals surface area contributed by atoms with Gasteiger partial charge in [0, 0.05) is 0 Å². The van der Waals surface area contributed by atoms with Crippen LogP contribution >= 0.6 is 0 Å². The molecule has 1 aliphatic heterocycles. The molecule has 1 heteroatoms. The maximum absolute atomic E-state index is 6.59. The Hall–Kier alpha value is -1.76. The van der Waals surface area contributed by atoms with Gasteiger partial charge in [0.1, 0.15) is 11.4 Å². The fraction of sp³-hybridized carbons (Fsp3) is 0.586. The average Bonchev–Trinajstić information content (AvgIpc) is 2.66. The number of allylic oxidation sites excluding steroid dienone is 6. The molecule has 0 bridgehead atoms. The second kappa shape index (κ2) is 11.0. The Morgan fingerprint density at radius 1 is 0.900 bits per heavy atom. The molecular formula is C29H44O. The smallest absolute Gasteiger partial charge is 0.126 e. The quantitative estimate of drug-likeness (QED) is 0.371. The minimum atomic E-state index is -0.0440. The Balaban J connectivity index is 1.83. The topological polar surface area (TPSA) is 9.23 Å². The first kappa shape index (κ1) is 24.5. The summed E-state index contributed by atoms with van der Waals surface area (Å²) >= 11 is 0. The van der Waals surface area contributed by atoms with E-state index in [2.05, 4.69) is 79.7 Å². The van der Waals surface area contributed by atoms with Gasteiger partial charge in [0.2, 0.25) is 0 Å². The van der Waals surface area contributed by atoms with Crippen LogP contribution in [0.25, 0.3) is 0 Å². The standard InChI is InChI=1S/C29H44O/c1-21(2)12-9-13-22(3)14-10-15-23(4)16-11-18-29(8)19-17-27-26(7)24(5)20-25(6)28(27)30-29/h12,14,16,20H,9-11,13,15,17-19H2,1-8H3/b22-14+,23-16+/t29-/m1/s1. The summed E-state index contributed by atoms with van der Waals surface area (Å²) in [6, 6.07) is 2.28. The second-order valence-electron chi connectivity index (χ2n) is 9.99. The van der Waals surface area contributed by atoms with Crippen molar-refractivity contribution in [2.24, 2.45) is 0 Å². The van der Waals surface area contributed by atoms with Gasteiger partial charge in [-0.1, -0.05) is 41.0 Å². The summed E-state index contributed by atoms with van der Waals surface area (Å²) in [6.07, 6.45) is 16.3. The van der Waals surface area contributed by atoms with Crippen molar-refractivity contribution in [1.29, 1.82) is 0 Å². The minimum absolute atomic E-state index is 0.0440. The number of rotatable bonds is 9. The highest BCUT2D eigenvalue weighted by atomic mass is 16.5. The molecule has 1 aliphatic rings. The van der Waals surface area contributed by atoms with E-state index in [0.29, 0.717) is 0 Å². The fourth-order valence-electron chi connectivity index (χ4n) is 4.41. The van der Waals surface area contributed by atoms with E-state index in [0.717, 1.165) is 44.3 Å². The first-order valence-electron chi connectivity index (χ1n) is 11.8. The molecule has 30 heavy (non-hydrogen) atoms. The summed E-state index contributed by atoms with van der Waals surface area (Å²) in [5.74, 6) is 1.15. The molecule has 0 saturated heterocycles. The summed E-state index contributed by atoms with van der Waals surface area (Å²) in [5.41, 5.74) is 9.92. The van der Waals surface area contributed by atoms with Crippen molar-refractivity contribution in [3.05, 3.63) is 63.3 Å². The molecule has 1 aromatic carbocycles. The van der Waals surface area contributed by atoms with Crippen molar-refractivity contribution in [2.45, 2.75) is 112 Å². The van der Waals surface area contributed by atoms with Crippen LogP contribution in [0.3, 0.4) is 0 Å². The zero-order valence-corrected chi connectivity index (χ0v) is 20.9. The van der Waals surface area contributed by atoms with Crippen molar-refractivity contribution in [2.75, 3.05) is 0 Å². The van der Waals surface area contributed by atoms with Crippen molar-refractivity contribution >= 4 is 0 Å². The number of ether oxygens (including phenoxy) is 1. The Labute approximate surface area is 186 Å². The van der Waals surface area contributed by atoms with Crippen molar-refractivity contribution in [3.63, 3.8) is 0 Å². The molecule has 1 nitrogen and oxygen atoms in total. The van der Waals surface area contributed by atoms with Gasteiger partial charge in [-0.25, -0.2) is 0 Å². The Bertz CT molecular complexity index is 817. The Morgan fingerprint density at radius 2 is 1.50 bits per heavy atom. The third kappa shape index (κ3) is 7.18. The maximum Gasteiger partial charge on any atom is 0.126 e. The second-order valence-corrected chi connectivity index (χ2v) is 9.99. The molecular weight excluding hydrogens is 364 g/mol. The van der Waals surface area contributed by atoms with Crippen LogP contribution in [-0.2, 0) is 6.42 Å². The van der Waals surface area contributed by atoms with E-state index in [1.807, 2.05) is 0 Å². The minimum Gasteiger partial charge on any atom is -0.487 e. The predicted molar refractivity (Wildman–Crippen MR) is 133 cm³/mol. The lowest BCUT2D eigenvalue weighted by Gasteiger charge is -2.37. The summed E-state index contributed by atoms with van der Waals surface area (Å²) in [6.45, 7) is 17.8. The van der Waals surface area contributed by atoms with Gasteiger partial charge in [-0.05, 0) is 129 Å². The Morgan fingerprint density at radius 3 is 2.13 bits per heavy atom. The summed E-state index contributed by atoms with van der Waals surface area (Å²) < 4.78 is 6.59. The van der Waals surface area contributed by atoms with E-state index in [1.165, 1.54) is 51.8 Å². The lowest BCUT2D eigenvalue weighted by molar-refractivity contribution is 0.0561. The highest BCUT2D eigenvalue weighted by molar-refractivity contribution is 5.50. The molecule has 0 fully saturated rings. The maximum atomic E-state index is 6.59. The SMILES string of the molecule is CC(C)=CCC/C(C)=C/CC/C(C)=C/CC[C@]1(C)CCc2c(C)c(C)cc(C)c2O1. The van der Waals surface area contributed by atoms with Gasteiger partial charge in [-0.15, -0.1) is 0 Å². The number of aryl methyl sites for hydroxylation is 2. The normalized spacial score (nSPS) is 19.3. The summed E-state index contributed by atoms with van der Waals surface area (Å²) in [7, 11) is 0. The van der Waals surface area contributed by atoms with Crippen LogP contribution in [0.5, 0.6) is 5.75 Å². The number of hydrogen-bond donors (Lipinski definition) is 0. The van der Waals surface area contributed by atoms with Crippen LogP contribution in [0.4, 0.5) is 0 Å². The molecule has 0 aliphatic carbocycles. The van der Waals surface area contributed by atoms with E-state index in [4.69, 9.17) is 4.74 Å². The highest BCUT2D eigenvalue weighted by Crippen LogP contribution is 2.40. The van der Waals surface area contributed by atoms with Gasteiger partial charge in [0.15, 0.2) is 0 Å². The van der Waals surface area contributed by atoms with Gasteiger partial charge in [-0.2, -0.15) is 0 Å². The van der Waals surface area contributed by atoms with Gasteiger partial charge in [-0.3, -0.25) is 0 Å². The summed E-state index contributed by atoms with van der Waals surface area (Å²) in [4.78, 5) is 0. The molecule has 0 unspecified atom stereocenters. The van der Waals surface area contributed by atoms with E-state index in [-0.39, 0.29) is 5.60 Å². The predicted octanol–water partition coefficient (Wildman–Crippen LogP) is 8.89. The molecule has 2 rings (SSSR count). The van der Waals surface area contributed by atoms with E-state index >= 15 is 0 Å². The van der Waals surface area contributed by atoms with Gasteiger partial charge < -0.3 is 4.74 Å². The molecule has 0 aromatic heterocycles. The first-order chi connectivity index (χ1) is 14.1. The zero-order valence-electron chi connectivity index (χ0n) is 20.9. The molecule has 166 valence electrons. The van der Waals surface area contributed by atoms with Crippen molar-refractivity contribution in [1.82, 2.24) is 0 Å². The molecule has 1 aromatic rings. The van der Waals surface area contributed by atoms with Crippen LogP contribution < -0.4 is 4.74 Å². The van der Waals surface area contributed by atoms with Gasteiger partial charge in [0.05, 0.1) is 0 Å².